The van der Waals surface area contributed by atoms with Gasteiger partial charge < -0.3 is 0 Å². The van der Waals surface area contributed by atoms with Crippen molar-refractivity contribution in [3.8, 4) is 0 Å². The van der Waals surface area contributed by atoms with Crippen molar-refractivity contribution in [1.29, 1.82) is 0 Å². The summed E-state index contributed by atoms with van der Waals surface area (Å²) in [6.07, 6.45) is 5.70. The van der Waals surface area contributed by atoms with Crippen molar-refractivity contribution in [3.05, 3.63) is 53.6 Å². The second kappa shape index (κ2) is 8.70. The van der Waals surface area contributed by atoms with Gasteiger partial charge in [-0.3, -0.25) is 21.6 Å². The minimum Gasteiger partial charge on any atom is -0.298 e. The molecule has 7 nitrogen and oxygen atoms in total. The van der Waals surface area contributed by atoms with Crippen LogP contribution in [-0.2, 0) is 0 Å². The van der Waals surface area contributed by atoms with Crippen LogP contribution in [0.15, 0.2) is 42.9 Å². The Morgan fingerprint density at radius 3 is 2.45 bits per heavy atom. The molecule has 0 atom stereocenters. The summed E-state index contributed by atoms with van der Waals surface area (Å²) in [5, 5.41) is 7.88. The Balaban J connectivity index is 0.000000178. The van der Waals surface area contributed by atoms with Crippen LogP contribution in [0.3, 0.4) is 0 Å². The van der Waals surface area contributed by atoms with E-state index in [1.54, 1.807) is 24.5 Å². The van der Waals surface area contributed by atoms with Crippen LogP contribution in [-0.4, -0.2) is 26.5 Å². The number of carbonyl (C=O) groups is 1. The molecule has 0 amide bonds. The van der Waals surface area contributed by atoms with E-state index in [1.807, 2.05) is 12.1 Å². The molecule has 0 unspecified atom stereocenters. The molecule has 0 aliphatic heterocycles. The SMILES string of the molecule is NN.O=Cc1cccnc1Cl.c1cnc2[nH]ncc2c1. The highest BCUT2D eigenvalue weighted by molar-refractivity contribution is 6.31. The van der Waals surface area contributed by atoms with Gasteiger partial charge in [0.25, 0.3) is 0 Å². The van der Waals surface area contributed by atoms with Gasteiger partial charge in [0.15, 0.2) is 11.9 Å². The monoisotopic (exact) mass is 292 g/mol. The molecule has 0 fully saturated rings. The van der Waals surface area contributed by atoms with Crippen LogP contribution >= 0.6 is 11.6 Å². The van der Waals surface area contributed by atoms with Crippen molar-refractivity contribution in [2.24, 2.45) is 11.7 Å². The van der Waals surface area contributed by atoms with Gasteiger partial charge in [-0.15, -0.1) is 0 Å². The van der Waals surface area contributed by atoms with Gasteiger partial charge in [0, 0.05) is 17.8 Å². The van der Waals surface area contributed by atoms with Gasteiger partial charge in [-0.2, -0.15) is 5.10 Å². The van der Waals surface area contributed by atoms with Crippen LogP contribution in [0.1, 0.15) is 10.4 Å². The van der Waals surface area contributed by atoms with Crippen LogP contribution in [0, 0.1) is 0 Å². The lowest BCUT2D eigenvalue weighted by atomic mass is 10.3. The number of H-pyrrole nitrogens is 1. The molecule has 0 aliphatic rings. The first kappa shape index (κ1) is 15.7. The minimum atomic E-state index is 0.257. The fourth-order valence-electron chi connectivity index (χ4n) is 1.26. The summed E-state index contributed by atoms with van der Waals surface area (Å²) in [5.74, 6) is 8.00. The maximum absolute atomic E-state index is 10.1. The van der Waals surface area contributed by atoms with Crippen molar-refractivity contribution in [1.82, 2.24) is 20.2 Å². The van der Waals surface area contributed by atoms with E-state index < -0.39 is 0 Å². The van der Waals surface area contributed by atoms with E-state index in [9.17, 15) is 4.79 Å². The number of aldehydes is 1. The van der Waals surface area contributed by atoms with Gasteiger partial charge in [0.2, 0.25) is 0 Å². The van der Waals surface area contributed by atoms with Crippen LogP contribution in [0.25, 0.3) is 11.0 Å². The summed E-state index contributed by atoms with van der Waals surface area (Å²) >= 11 is 5.48. The summed E-state index contributed by atoms with van der Waals surface area (Å²) in [4.78, 5) is 17.8. The number of hydrogen-bond acceptors (Lipinski definition) is 6. The average molecular weight is 293 g/mol. The van der Waals surface area contributed by atoms with E-state index in [-0.39, 0.29) is 5.15 Å². The molecule has 5 N–H and O–H groups in total. The van der Waals surface area contributed by atoms with Crippen LogP contribution in [0.2, 0.25) is 5.15 Å². The lowest BCUT2D eigenvalue weighted by molar-refractivity contribution is 0.112. The zero-order chi connectivity index (χ0) is 14.8. The van der Waals surface area contributed by atoms with Crippen LogP contribution in [0.5, 0.6) is 0 Å². The topological polar surface area (TPSA) is 124 Å². The first-order chi connectivity index (χ1) is 9.81. The van der Waals surface area contributed by atoms with Crippen molar-refractivity contribution in [3.63, 3.8) is 0 Å². The molecule has 0 saturated heterocycles. The van der Waals surface area contributed by atoms with Gasteiger partial charge in [-0.25, -0.2) is 9.97 Å². The summed E-state index contributed by atoms with van der Waals surface area (Å²) in [7, 11) is 0. The molecular weight excluding hydrogens is 280 g/mol. The molecule has 3 rings (SSSR count). The number of hydrogen-bond donors (Lipinski definition) is 3. The number of aromatic amines is 1. The summed E-state index contributed by atoms with van der Waals surface area (Å²) in [5.41, 5.74) is 1.27. The molecule has 0 aliphatic carbocycles. The van der Waals surface area contributed by atoms with E-state index >= 15 is 0 Å². The minimum absolute atomic E-state index is 0.257. The first-order valence-electron chi connectivity index (χ1n) is 5.44. The summed E-state index contributed by atoms with van der Waals surface area (Å²) in [6.45, 7) is 0. The molecule has 8 heteroatoms. The van der Waals surface area contributed by atoms with Crippen LogP contribution < -0.4 is 11.7 Å². The lowest BCUT2D eigenvalue weighted by Gasteiger charge is -1.89. The van der Waals surface area contributed by atoms with Crippen LogP contribution in [0.4, 0.5) is 0 Å². The number of nitrogens with one attached hydrogen (secondary N) is 1. The number of halogens is 1. The van der Waals surface area contributed by atoms with Gasteiger partial charge in [0.05, 0.1) is 11.8 Å². The molecule has 0 bridgehead atoms. The van der Waals surface area contributed by atoms with E-state index in [0.29, 0.717) is 11.8 Å². The van der Waals surface area contributed by atoms with Crippen molar-refractivity contribution >= 4 is 28.9 Å². The van der Waals surface area contributed by atoms with Crippen molar-refractivity contribution in [2.75, 3.05) is 0 Å². The molecule has 104 valence electrons. The Kier molecular flexibility index (Phi) is 6.83. The Bertz CT molecular complexity index is 627. The molecule has 0 aromatic carbocycles. The molecule has 3 aromatic rings. The maximum atomic E-state index is 10.1. The summed E-state index contributed by atoms with van der Waals surface area (Å²) < 4.78 is 0. The zero-order valence-corrected chi connectivity index (χ0v) is 11.2. The third-order valence-corrected chi connectivity index (χ3v) is 2.44. The number of rotatable bonds is 1. The highest BCUT2D eigenvalue weighted by Crippen LogP contribution is 2.07. The molecule has 0 radical (unpaired) electrons. The van der Waals surface area contributed by atoms with Gasteiger partial charge >= 0.3 is 0 Å². The largest absolute Gasteiger partial charge is 0.298 e. The number of aromatic nitrogens is 4. The highest BCUT2D eigenvalue weighted by Gasteiger charge is 1.94. The molecule has 0 saturated carbocycles. The number of hydrazine groups is 1. The predicted octanol–water partition coefficient (Wildman–Crippen LogP) is 1.32. The fourth-order valence-corrected chi connectivity index (χ4v) is 1.43. The third-order valence-electron chi connectivity index (χ3n) is 2.13. The second-order valence-electron chi connectivity index (χ2n) is 3.31. The molecule has 0 spiro atoms. The maximum Gasteiger partial charge on any atom is 0.155 e. The molecule has 3 heterocycles. The van der Waals surface area contributed by atoms with E-state index in [2.05, 4.69) is 31.9 Å². The van der Waals surface area contributed by atoms with Gasteiger partial charge in [-0.1, -0.05) is 11.6 Å². The smallest absolute Gasteiger partial charge is 0.155 e. The number of pyridine rings is 2. The van der Waals surface area contributed by atoms with Gasteiger partial charge in [0.1, 0.15) is 5.15 Å². The highest BCUT2D eigenvalue weighted by atomic mass is 35.5. The van der Waals surface area contributed by atoms with Gasteiger partial charge in [-0.05, 0) is 24.3 Å². The Hall–Kier alpha value is -2.35. The number of fused-ring (bicyclic) bond motifs is 1. The Morgan fingerprint density at radius 2 is 1.85 bits per heavy atom. The number of carbonyl (C=O) groups excluding carboxylic acids is 1. The van der Waals surface area contributed by atoms with Crippen molar-refractivity contribution in [2.45, 2.75) is 0 Å². The zero-order valence-electron chi connectivity index (χ0n) is 10.4. The molecule has 3 aromatic heterocycles. The first-order valence-corrected chi connectivity index (χ1v) is 5.82. The number of nitrogens with two attached hydrogens (primary N) is 2. The molecular formula is C12H13ClN6O. The normalized spacial score (nSPS) is 8.95. The third kappa shape index (κ3) is 4.39. The number of nitrogens with zero attached hydrogens (tertiary/aromatic N) is 3. The molecule has 20 heavy (non-hydrogen) atoms. The quantitative estimate of drug-likeness (QED) is 0.269. The Labute approximate surface area is 119 Å². The van der Waals surface area contributed by atoms with E-state index in [4.69, 9.17) is 11.6 Å². The van der Waals surface area contributed by atoms with Crippen molar-refractivity contribution < 1.29 is 4.79 Å². The lowest BCUT2D eigenvalue weighted by Crippen LogP contribution is -2.02. The Morgan fingerprint density at radius 1 is 1.15 bits per heavy atom. The predicted molar refractivity (Wildman–Crippen MR) is 76.9 cm³/mol. The second-order valence-corrected chi connectivity index (χ2v) is 3.67. The van der Waals surface area contributed by atoms with E-state index in [0.717, 1.165) is 11.0 Å². The fraction of sp³-hybridized carbons (Fsp3) is 0. The standard InChI is InChI=1S/C6H4ClNO.C6H5N3.H4N2/c7-6-5(4-9)2-1-3-8-6;1-2-5-4-8-9-6(5)7-3-1;1-2/h1-4H;1-4H,(H,7,8,9);1-2H2. The summed E-state index contributed by atoms with van der Waals surface area (Å²) in [6, 6.07) is 7.13. The van der Waals surface area contributed by atoms with E-state index in [1.165, 1.54) is 6.20 Å². The average Bonchev–Trinajstić information content (AvgIpc) is 2.99.